The number of carbonyl (C=O) groups is 1. The van der Waals surface area contributed by atoms with Gasteiger partial charge in [0, 0.05) is 5.57 Å². The zero-order valence-electron chi connectivity index (χ0n) is 10.0. The summed E-state index contributed by atoms with van der Waals surface area (Å²) in [6.07, 6.45) is 7.97. The highest BCUT2D eigenvalue weighted by Crippen LogP contribution is 2.47. The third-order valence-corrected chi connectivity index (χ3v) is 3.98. The zero-order valence-corrected chi connectivity index (χ0v) is 10.0. The zero-order chi connectivity index (χ0) is 11.5. The molecule has 1 aliphatic carbocycles. The minimum atomic E-state index is -0.785. The molecule has 0 atom stereocenters. The average molecular weight is 210 g/mol. The lowest BCUT2D eigenvalue weighted by Gasteiger charge is -2.32. The molecule has 0 amide bonds. The molecule has 0 spiro atoms. The smallest absolute Gasteiger partial charge is 0.330 e. The molecule has 15 heavy (non-hydrogen) atoms. The van der Waals surface area contributed by atoms with Crippen molar-refractivity contribution in [2.45, 2.75) is 52.9 Å². The van der Waals surface area contributed by atoms with E-state index in [9.17, 15) is 4.79 Å². The molecular formula is C13H22O2. The molecule has 0 heterocycles. The van der Waals surface area contributed by atoms with Gasteiger partial charge >= 0.3 is 5.97 Å². The topological polar surface area (TPSA) is 37.3 Å². The average Bonchev–Trinajstić information content (AvgIpc) is 2.63. The lowest BCUT2D eigenvalue weighted by Crippen LogP contribution is -2.23. The first-order valence-electron chi connectivity index (χ1n) is 5.88. The minimum absolute atomic E-state index is 0.372. The Morgan fingerprint density at radius 3 is 2.33 bits per heavy atom. The molecule has 0 saturated heterocycles. The fourth-order valence-corrected chi connectivity index (χ4v) is 2.54. The van der Waals surface area contributed by atoms with Crippen molar-refractivity contribution in [3.05, 3.63) is 11.6 Å². The number of hydrogen-bond donors (Lipinski definition) is 1. The van der Waals surface area contributed by atoms with E-state index in [4.69, 9.17) is 5.11 Å². The van der Waals surface area contributed by atoms with Gasteiger partial charge in [-0.15, -0.1) is 0 Å². The van der Waals surface area contributed by atoms with Gasteiger partial charge in [-0.25, -0.2) is 4.79 Å². The summed E-state index contributed by atoms with van der Waals surface area (Å²) in [6.45, 7) is 6.20. The van der Waals surface area contributed by atoms with Gasteiger partial charge < -0.3 is 5.11 Å². The van der Waals surface area contributed by atoms with Gasteiger partial charge in [0.05, 0.1) is 0 Å². The predicted octanol–water partition coefficient (Wildman–Crippen LogP) is 3.62. The van der Waals surface area contributed by atoms with Crippen molar-refractivity contribution in [2.75, 3.05) is 0 Å². The number of hydrogen-bond acceptors (Lipinski definition) is 1. The van der Waals surface area contributed by atoms with Crippen LogP contribution in [-0.4, -0.2) is 11.1 Å². The molecule has 0 radical (unpaired) electrons. The van der Waals surface area contributed by atoms with Crippen LogP contribution in [0.25, 0.3) is 0 Å². The van der Waals surface area contributed by atoms with E-state index in [1.165, 1.54) is 25.7 Å². The third-order valence-electron chi connectivity index (χ3n) is 3.98. The number of carboxylic acid groups (broad SMARTS) is 1. The first-order valence-corrected chi connectivity index (χ1v) is 5.88. The van der Waals surface area contributed by atoms with Gasteiger partial charge in [-0.05, 0) is 37.5 Å². The van der Waals surface area contributed by atoms with Gasteiger partial charge in [0.2, 0.25) is 0 Å². The molecule has 0 bridgehead atoms. The fourth-order valence-electron chi connectivity index (χ4n) is 2.54. The van der Waals surface area contributed by atoms with Crippen molar-refractivity contribution >= 4 is 5.97 Å². The van der Waals surface area contributed by atoms with Crippen molar-refractivity contribution < 1.29 is 9.90 Å². The quantitative estimate of drug-likeness (QED) is 0.719. The van der Waals surface area contributed by atoms with E-state index in [2.05, 4.69) is 13.8 Å². The normalized spacial score (nSPS) is 20.9. The molecule has 0 aromatic heterocycles. The van der Waals surface area contributed by atoms with Crippen molar-refractivity contribution in [3.8, 4) is 0 Å². The number of aliphatic carboxylic acids is 1. The van der Waals surface area contributed by atoms with Crippen molar-refractivity contribution in [2.24, 2.45) is 11.3 Å². The van der Waals surface area contributed by atoms with Crippen LogP contribution in [0.2, 0.25) is 0 Å². The maximum atomic E-state index is 10.7. The lowest BCUT2D eigenvalue weighted by atomic mass is 9.73. The maximum absolute atomic E-state index is 10.7. The highest BCUT2D eigenvalue weighted by Gasteiger charge is 2.35. The molecule has 0 aliphatic heterocycles. The largest absolute Gasteiger partial charge is 0.478 e. The first-order chi connectivity index (χ1) is 6.98. The second-order valence-corrected chi connectivity index (χ2v) is 5.12. The van der Waals surface area contributed by atoms with Gasteiger partial charge in [0.1, 0.15) is 0 Å². The van der Waals surface area contributed by atoms with Crippen molar-refractivity contribution in [1.82, 2.24) is 0 Å². The van der Waals surface area contributed by atoms with Crippen LogP contribution in [0.1, 0.15) is 52.9 Å². The van der Waals surface area contributed by atoms with Gasteiger partial charge in [0.25, 0.3) is 0 Å². The lowest BCUT2D eigenvalue weighted by molar-refractivity contribution is -0.132. The molecule has 2 heteroatoms. The summed E-state index contributed by atoms with van der Waals surface area (Å²) >= 11 is 0. The van der Waals surface area contributed by atoms with E-state index >= 15 is 0 Å². The van der Waals surface area contributed by atoms with Gasteiger partial charge in [-0.3, -0.25) is 0 Å². The van der Waals surface area contributed by atoms with Crippen LogP contribution in [0, 0.1) is 11.3 Å². The molecule has 1 rings (SSSR count). The first kappa shape index (κ1) is 12.3. The summed E-state index contributed by atoms with van der Waals surface area (Å²) in [7, 11) is 0. The van der Waals surface area contributed by atoms with Crippen LogP contribution >= 0.6 is 0 Å². The Morgan fingerprint density at radius 1 is 1.40 bits per heavy atom. The Kier molecular flexibility index (Phi) is 3.95. The molecule has 0 aromatic carbocycles. The monoisotopic (exact) mass is 210 g/mol. The predicted molar refractivity (Wildman–Crippen MR) is 61.7 cm³/mol. The van der Waals surface area contributed by atoms with E-state index in [1.807, 2.05) is 6.08 Å². The third kappa shape index (κ3) is 2.83. The highest BCUT2D eigenvalue weighted by atomic mass is 16.4. The molecule has 86 valence electrons. The summed E-state index contributed by atoms with van der Waals surface area (Å²) in [5, 5.41) is 8.81. The Morgan fingerprint density at radius 2 is 1.93 bits per heavy atom. The molecule has 1 fully saturated rings. The molecular weight excluding hydrogens is 188 g/mol. The Hall–Kier alpha value is -0.790. The van der Waals surface area contributed by atoms with Crippen LogP contribution in [0.15, 0.2) is 11.6 Å². The molecule has 1 saturated carbocycles. The second kappa shape index (κ2) is 4.82. The summed E-state index contributed by atoms with van der Waals surface area (Å²) in [4.78, 5) is 10.7. The minimum Gasteiger partial charge on any atom is -0.478 e. The molecule has 0 unspecified atom stereocenters. The van der Waals surface area contributed by atoms with Crippen LogP contribution in [-0.2, 0) is 4.79 Å². The summed E-state index contributed by atoms with van der Waals surface area (Å²) in [5.41, 5.74) is 0.860. The molecule has 2 nitrogen and oxygen atoms in total. The summed E-state index contributed by atoms with van der Waals surface area (Å²) in [5.74, 6) is -0.134. The number of allylic oxidation sites excluding steroid dienone is 1. The van der Waals surface area contributed by atoms with E-state index in [0.717, 1.165) is 6.42 Å². The van der Waals surface area contributed by atoms with E-state index in [-0.39, 0.29) is 0 Å². The molecule has 0 aromatic rings. The number of carboxylic acids is 1. The Balaban J connectivity index is 2.68. The van der Waals surface area contributed by atoms with Crippen molar-refractivity contribution in [1.29, 1.82) is 0 Å². The summed E-state index contributed by atoms with van der Waals surface area (Å²) < 4.78 is 0. The van der Waals surface area contributed by atoms with Crippen molar-refractivity contribution in [3.63, 3.8) is 0 Å². The highest BCUT2D eigenvalue weighted by molar-refractivity contribution is 5.85. The van der Waals surface area contributed by atoms with Gasteiger partial charge in [-0.2, -0.15) is 0 Å². The van der Waals surface area contributed by atoms with E-state index in [1.54, 1.807) is 6.92 Å². The SMILES string of the molecule is CC(=CCC1(C(C)C)CCCC1)C(=O)O. The van der Waals surface area contributed by atoms with E-state index in [0.29, 0.717) is 16.9 Å². The standard InChI is InChI=1S/C13H22O2/c1-10(2)13(7-4-5-8-13)9-6-11(3)12(14)15/h6,10H,4-5,7-9H2,1-3H3,(H,14,15). The molecule has 1 aliphatic rings. The number of rotatable bonds is 4. The van der Waals surface area contributed by atoms with Crippen LogP contribution in [0.3, 0.4) is 0 Å². The van der Waals surface area contributed by atoms with Gasteiger partial charge in [-0.1, -0.05) is 32.8 Å². The Labute approximate surface area is 92.4 Å². The summed E-state index contributed by atoms with van der Waals surface area (Å²) in [6, 6.07) is 0. The molecule has 1 N–H and O–H groups in total. The van der Waals surface area contributed by atoms with Crippen LogP contribution < -0.4 is 0 Å². The Bertz CT molecular complexity index is 258. The van der Waals surface area contributed by atoms with Crippen LogP contribution in [0.5, 0.6) is 0 Å². The second-order valence-electron chi connectivity index (χ2n) is 5.12. The van der Waals surface area contributed by atoms with Gasteiger partial charge in [0.15, 0.2) is 0 Å². The maximum Gasteiger partial charge on any atom is 0.330 e. The van der Waals surface area contributed by atoms with E-state index < -0.39 is 5.97 Å². The van der Waals surface area contributed by atoms with Crippen LogP contribution in [0.4, 0.5) is 0 Å². The fraction of sp³-hybridized carbons (Fsp3) is 0.769.